The van der Waals surface area contributed by atoms with E-state index >= 15 is 0 Å². The number of alkyl carbamates (subject to hydrolysis) is 1. The fraction of sp³-hybridized carbons (Fsp3) is 0.731. The summed E-state index contributed by atoms with van der Waals surface area (Å²) in [6.07, 6.45) is 12.2. The zero-order valence-corrected chi connectivity index (χ0v) is 22.8. The Morgan fingerprint density at radius 2 is 1.46 bits per heavy atom. The topological polar surface area (TPSA) is 100 Å². The fourth-order valence-corrected chi connectivity index (χ4v) is 4.52. The number of hydrogen-bond acceptors (Lipinski definition) is 7. The van der Waals surface area contributed by atoms with E-state index in [4.69, 9.17) is 14.2 Å². The van der Waals surface area contributed by atoms with Gasteiger partial charge in [0, 0.05) is 6.54 Å². The predicted molar refractivity (Wildman–Crippen MR) is 139 cm³/mol. The molecule has 8 nitrogen and oxygen atoms in total. The average Bonchev–Trinajstić information content (AvgIpc) is 2.86. The Morgan fingerprint density at radius 1 is 0.857 bits per heavy atom. The minimum atomic E-state index is -3.54. The summed E-state index contributed by atoms with van der Waals surface area (Å²) in [6.45, 7) is 2.41. The van der Waals surface area contributed by atoms with Gasteiger partial charge in [0.25, 0.3) is 10.1 Å². The van der Waals surface area contributed by atoms with Crippen molar-refractivity contribution in [1.29, 1.82) is 0 Å². The Labute approximate surface area is 212 Å². The van der Waals surface area contributed by atoms with Crippen LogP contribution in [-0.4, -0.2) is 48.1 Å². The molecule has 1 atom stereocenters. The third-order valence-corrected chi connectivity index (χ3v) is 7.24. The van der Waals surface area contributed by atoms with Crippen LogP contribution in [-0.2, 0) is 19.0 Å². The van der Waals surface area contributed by atoms with Crippen molar-refractivity contribution in [3.63, 3.8) is 0 Å². The number of ether oxygens (including phenoxy) is 3. The van der Waals surface area contributed by atoms with Gasteiger partial charge in [0.2, 0.25) is 0 Å². The highest BCUT2D eigenvalue weighted by Gasteiger charge is 2.19. The lowest BCUT2D eigenvalue weighted by atomic mass is 10.0. The number of methoxy groups -OCH3 is 2. The van der Waals surface area contributed by atoms with E-state index in [-0.39, 0.29) is 18.7 Å². The van der Waals surface area contributed by atoms with Crippen molar-refractivity contribution in [2.45, 2.75) is 90.1 Å². The molecule has 202 valence electrons. The number of amides is 1. The number of carbonyl (C=O) groups excluding carboxylic acids is 1. The Hall–Kier alpha value is -2.00. The van der Waals surface area contributed by atoms with E-state index in [2.05, 4.69) is 16.4 Å². The van der Waals surface area contributed by atoms with E-state index in [1.807, 2.05) is 12.1 Å². The molecule has 0 spiro atoms. The molecule has 0 saturated carbocycles. The van der Waals surface area contributed by atoms with Gasteiger partial charge >= 0.3 is 6.09 Å². The fourth-order valence-electron chi connectivity index (χ4n) is 3.86. The van der Waals surface area contributed by atoms with E-state index in [1.165, 1.54) is 51.4 Å². The van der Waals surface area contributed by atoms with Crippen LogP contribution in [0, 0.1) is 0 Å². The van der Waals surface area contributed by atoms with Crippen molar-refractivity contribution in [2.24, 2.45) is 0 Å². The lowest BCUT2D eigenvalue weighted by Gasteiger charge is -2.20. The van der Waals surface area contributed by atoms with Crippen LogP contribution >= 0.6 is 0 Å². The predicted octanol–water partition coefficient (Wildman–Crippen LogP) is 6.15. The monoisotopic (exact) mass is 515 g/mol. The Morgan fingerprint density at radius 3 is 2.03 bits per heavy atom. The SMILES string of the molecule is CCCCCCCCCCCCC(OC(=O)NCCCS(=O)(=O)OC)c1ccc(OC)c(OC)c1. The molecular weight excluding hydrogens is 470 g/mol. The maximum absolute atomic E-state index is 12.4. The number of carbonyl (C=O) groups is 1. The van der Waals surface area contributed by atoms with Crippen molar-refractivity contribution in [2.75, 3.05) is 33.6 Å². The second kappa shape index (κ2) is 18.3. The van der Waals surface area contributed by atoms with Gasteiger partial charge in [0.05, 0.1) is 27.1 Å². The highest BCUT2D eigenvalue weighted by atomic mass is 32.2. The molecule has 0 bridgehead atoms. The molecule has 1 N–H and O–H groups in total. The summed E-state index contributed by atoms with van der Waals surface area (Å²) in [5.74, 6) is 1.02. The molecule has 1 unspecified atom stereocenters. The zero-order valence-electron chi connectivity index (χ0n) is 22.0. The standard InChI is InChI=1S/C26H45NO7S/c1-5-6-7-8-9-10-11-12-13-14-16-23(22-17-18-24(31-2)25(21-22)32-3)34-26(28)27-19-15-20-35(29,30)33-4/h17-18,21,23H,5-16,19-20H2,1-4H3,(H,27,28). The maximum atomic E-state index is 12.4. The molecule has 0 fully saturated rings. The van der Waals surface area contributed by atoms with E-state index in [1.54, 1.807) is 20.3 Å². The van der Waals surface area contributed by atoms with Crippen molar-refractivity contribution < 1.29 is 31.6 Å². The molecule has 1 rings (SSSR count). The molecular formula is C26H45NO7S. The first kappa shape index (κ1) is 31.0. The van der Waals surface area contributed by atoms with Crippen LogP contribution in [0.15, 0.2) is 18.2 Å². The van der Waals surface area contributed by atoms with Crippen LogP contribution in [0.2, 0.25) is 0 Å². The van der Waals surface area contributed by atoms with Crippen molar-refractivity contribution in [3.8, 4) is 11.5 Å². The van der Waals surface area contributed by atoms with E-state index < -0.39 is 22.3 Å². The number of nitrogens with one attached hydrogen (secondary N) is 1. The number of benzene rings is 1. The molecule has 0 aliphatic heterocycles. The van der Waals surface area contributed by atoms with E-state index in [0.29, 0.717) is 17.9 Å². The first-order valence-corrected chi connectivity index (χ1v) is 14.4. The third-order valence-electron chi connectivity index (χ3n) is 5.94. The molecule has 0 aliphatic carbocycles. The minimum Gasteiger partial charge on any atom is -0.493 e. The summed E-state index contributed by atoms with van der Waals surface area (Å²) < 4.78 is 43.7. The van der Waals surface area contributed by atoms with E-state index in [0.717, 1.165) is 25.5 Å². The van der Waals surface area contributed by atoms with Gasteiger partial charge in [0.1, 0.15) is 6.10 Å². The minimum absolute atomic E-state index is 0.165. The Balaban J connectivity index is 2.58. The lowest BCUT2D eigenvalue weighted by molar-refractivity contribution is 0.0906. The number of unbranched alkanes of at least 4 members (excludes halogenated alkanes) is 9. The smallest absolute Gasteiger partial charge is 0.407 e. The van der Waals surface area contributed by atoms with E-state index in [9.17, 15) is 13.2 Å². The third kappa shape index (κ3) is 13.6. The van der Waals surface area contributed by atoms with Gasteiger partial charge in [-0.2, -0.15) is 8.42 Å². The quantitative estimate of drug-likeness (QED) is 0.164. The van der Waals surface area contributed by atoms with Gasteiger partial charge in [-0.1, -0.05) is 70.8 Å². The van der Waals surface area contributed by atoms with Crippen molar-refractivity contribution in [3.05, 3.63) is 23.8 Å². The van der Waals surface area contributed by atoms with Gasteiger partial charge in [-0.3, -0.25) is 4.18 Å². The number of hydrogen-bond donors (Lipinski definition) is 1. The molecule has 0 saturated heterocycles. The van der Waals surface area contributed by atoms with Gasteiger partial charge in [-0.05, 0) is 37.0 Å². The van der Waals surface area contributed by atoms with Gasteiger partial charge in [-0.25, -0.2) is 4.79 Å². The zero-order chi connectivity index (χ0) is 25.9. The number of rotatable bonds is 20. The molecule has 1 aromatic rings. The Kier molecular flexibility index (Phi) is 16.2. The van der Waals surface area contributed by atoms with Crippen LogP contribution in [0.1, 0.15) is 95.6 Å². The maximum Gasteiger partial charge on any atom is 0.407 e. The van der Waals surface area contributed by atoms with Crippen LogP contribution < -0.4 is 14.8 Å². The molecule has 0 heterocycles. The van der Waals surface area contributed by atoms with Gasteiger partial charge in [0.15, 0.2) is 11.5 Å². The highest BCUT2D eigenvalue weighted by Crippen LogP contribution is 2.33. The second-order valence-electron chi connectivity index (χ2n) is 8.69. The van der Waals surface area contributed by atoms with Crippen LogP contribution in [0.3, 0.4) is 0 Å². The summed E-state index contributed by atoms with van der Waals surface area (Å²) in [6, 6.07) is 5.51. The molecule has 9 heteroatoms. The summed E-state index contributed by atoms with van der Waals surface area (Å²) in [5.41, 5.74) is 0.829. The Bertz CT molecular complexity index is 814. The summed E-state index contributed by atoms with van der Waals surface area (Å²) in [4.78, 5) is 12.4. The molecule has 0 radical (unpaired) electrons. The summed E-state index contributed by atoms with van der Waals surface area (Å²) in [5, 5.41) is 2.63. The van der Waals surface area contributed by atoms with Crippen LogP contribution in [0.25, 0.3) is 0 Å². The van der Waals surface area contributed by atoms with Gasteiger partial charge in [-0.15, -0.1) is 0 Å². The first-order chi connectivity index (χ1) is 16.9. The second-order valence-corrected chi connectivity index (χ2v) is 10.5. The van der Waals surface area contributed by atoms with Crippen LogP contribution in [0.4, 0.5) is 4.79 Å². The molecule has 0 aromatic heterocycles. The van der Waals surface area contributed by atoms with Crippen molar-refractivity contribution in [1.82, 2.24) is 5.32 Å². The van der Waals surface area contributed by atoms with Gasteiger partial charge < -0.3 is 19.5 Å². The molecule has 0 aliphatic rings. The van der Waals surface area contributed by atoms with Crippen LogP contribution in [0.5, 0.6) is 11.5 Å². The summed E-state index contributed by atoms with van der Waals surface area (Å²) in [7, 11) is 0.726. The largest absolute Gasteiger partial charge is 0.493 e. The highest BCUT2D eigenvalue weighted by molar-refractivity contribution is 7.86. The molecule has 1 aromatic carbocycles. The first-order valence-electron chi connectivity index (χ1n) is 12.8. The average molecular weight is 516 g/mol. The molecule has 35 heavy (non-hydrogen) atoms. The normalized spacial score (nSPS) is 12.2. The van der Waals surface area contributed by atoms with Crippen molar-refractivity contribution >= 4 is 16.2 Å². The molecule has 1 amide bonds. The summed E-state index contributed by atoms with van der Waals surface area (Å²) >= 11 is 0. The lowest BCUT2D eigenvalue weighted by Crippen LogP contribution is -2.28.